The lowest BCUT2D eigenvalue weighted by Gasteiger charge is -2.39. The first-order valence-electron chi connectivity index (χ1n) is 8.11. The van der Waals surface area contributed by atoms with Crippen molar-refractivity contribution in [3.63, 3.8) is 0 Å². The van der Waals surface area contributed by atoms with E-state index in [-0.39, 0.29) is 11.5 Å². The van der Waals surface area contributed by atoms with Crippen LogP contribution in [0.3, 0.4) is 0 Å². The maximum Gasteiger partial charge on any atom is 0.193 e. The number of rotatable bonds is 3. The predicted octanol–water partition coefficient (Wildman–Crippen LogP) is 3.56. The van der Waals surface area contributed by atoms with Gasteiger partial charge in [0.15, 0.2) is 5.96 Å². The minimum atomic E-state index is 0.139. The third-order valence-corrected chi connectivity index (χ3v) is 4.12. The third-order valence-electron chi connectivity index (χ3n) is 4.12. The van der Waals surface area contributed by atoms with Gasteiger partial charge in [-0.2, -0.15) is 0 Å². The molecule has 4 heteroatoms. The summed E-state index contributed by atoms with van der Waals surface area (Å²) in [5.41, 5.74) is 8.35. The fourth-order valence-corrected chi connectivity index (χ4v) is 3.03. The number of hydrogen-bond acceptors (Lipinski definition) is 2. The minimum Gasteiger partial charge on any atom is -0.377 e. The third kappa shape index (κ3) is 4.73. The molecule has 22 heavy (non-hydrogen) atoms. The molecule has 0 amide bonds. The number of anilines is 1. The van der Waals surface area contributed by atoms with Crippen LogP contribution in [0.15, 0.2) is 29.3 Å². The van der Waals surface area contributed by atoms with E-state index < -0.39 is 0 Å². The number of aryl methyl sites for hydroxylation is 1. The highest BCUT2D eigenvalue weighted by Crippen LogP contribution is 2.34. The minimum absolute atomic E-state index is 0.139. The van der Waals surface area contributed by atoms with E-state index in [0.29, 0.717) is 18.4 Å². The second-order valence-electron chi connectivity index (χ2n) is 7.28. The summed E-state index contributed by atoms with van der Waals surface area (Å²) in [5.74, 6) is 0.911. The topological polar surface area (TPSA) is 59.6 Å². The maximum absolute atomic E-state index is 6.01. The molecule has 1 saturated heterocycles. The summed E-state index contributed by atoms with van der Waals surface area (Å²) in [6.45, 7) is 10.3. The predicted molar refractivity (Wildman–Crippen MR) is 93.2 cm³/mol. The van der Waals surface area contributed by atoms with Crippen LogP contribution in [0.1, 0.15) is 39.2 Å². The Balaban J connectivity index is 1.95. The molecule has 122 valence electrons. The molecule has 0 spiro atoms. The van der Waals surface area contributed by atoms with E-state index in [9.17, 15) is 0 Å². The summed E-state index contributed by atoms with van der Waals surface area (Å²) in [7, 11) is 0. The maximum atomic E-state index is 6.01. The number of ether oxygens (including phenoxy) is 1. The first-order chi connectivity index (χ1) is 10.4. The second-order valence-corrected chi connectivity index (χ2v) is 7.28. The highest BCUT2D eigenvalue weighted by atomic mass is 16.5. The Morgan fingerprint density at radius 1 is 1.32 bits per heavy atom. The lowest BCUT2D eigenvalue weighted by molar-refractivity contribution is -0.0823. The number of guanidine groups is 1. The molecular weight excluding hydrogens is 274 g/mol. The van der Waals surface area contributed by atoms with Gasteiger partial charge in [-0.15, -0.1) is 0 Å². The number of nitrogens with one attached hydrogen (secondary N) is 1. The molecule has 1 aliphatic rings. The standard InChI is InChI=1S/C18H29N3O/c1-13-7-9-15(10-8-13)21-17(19)20-12-14-6-5-11-22-16(14)18(2,3)4/h7-10,14,16H,5-6,11-12H2,1-4H3,(H3,19,20,21). The van der Waals surface area contributed by atoms with Crippen molar-refractivity contribution < 1.29 is 4.74 Å². The van der Waals surface area contributed by atoms with Crippen LogP contribution in [0.2, 0.25) is 0 Å². The van der Waals surface area contributed by atoms with Gasteiger partial charge in [0.05, 0.1) is 6.10 Å². The fourth-order valence-electron chi connectivity index (χ4n) is 3.03. The monoisotopic (exact) mass is 303 g/mol. The molecule has 1 fully saturated rings. The molecular formula is C18H29N3O. The number of nitrogens with two attached hydrogens (primary N) is 1. The van der Waals surface area contributed by atoms with Crippen LogP contribution in [-0.2, 0) is 4.74 Å². The van der Waals surface area contributed by atoms with Gasteiger partial charge < -0.3 is 15.8 Å². The van der Waals surface area contributed by atoms with Crippen LogP contribution in [-0.4, -0.2) is 25.2 Å². The first-order valence-corrected chi connectivity index (χ1v) is 8.11. The quantitative estimate of drug-likeness (QED) is 0.663. The molecule has 2 atom stereocenters. The molecule has 1 aromatic carbocycles. The van der Waals surface area contributed by atoms with Crippen molar-refractivity contribution in [2.45, 2.75) is 46.6 Å². The van der Waals surface area contributed by atoms with Crippen LogP contribution in [0.4, 0.5) is 5.69 Å². The summed E-state index contributed by atoms with van der Waals surface area (Å²) in [6.07, 6.45) is 2.51. The summed E-state index contributed by atoms with van der Waals surface area (Å²) in [6, 6.07) is 8.14. The van der Waals surface area contributed by atoms with E-state index in [1.54, 1.807) is 0 Å². The number of benzene rings is 1. The Kier molecular flexibility index (Phi) is 5.46. The van der Waals surface area contributed by atoms with E-state index in [1.807, 2.05) is 12.1 Å². The SMILES string of the molecule is Cc1ccc(NC(N)=NCC2CCCOC2C(C)(C)C)cc1. The van der Waals surface area contributed by atoms with E-state index in [4.69, 9.17) is 10.5 Å². The summed E-state index contributed by atoms with van der Waals surface area (Å²) in [5, 5.41) is 3.15. The van der Waals surface area contributed by atoms with Crippen molar-refractivity contribution >= 4 is 11.6 Å². The molecule has 4 nitrogen and oxygen atoms in total. The lowest BCUT2D eigenvalue weighted by atomic mass is 9.78. The van der Waals surface area contributed by atoms with Crippen molar-refractivity contribution in [1.82, 2.24) is 0 Å². The van der Waals surface area contributed by atoms with Gasteiger partial charge in [-0.25, -0.2) is 0 Å². The molecule has 1 aliphatic heterocycles. The largest absolute Gasteiger partial charge is 0.377 e. The molecule has 3 N–H and O–H groups in total. The molecule has 1 aromatic rings. The van der Waals surface area contributed by atoms with Crippen LogP contribution in [0, 0.1) is 18.3 Å². The summed E-state index contributed by atoms with van der Waals surface area (Å²) >= 11 is 0. The molecule has 2 rings (SSSR count). The van der Waals surface area contributed by atoms with E-state index in [1.165, 1.54) is 5.56 Å². The highest BCUT2D eigenvalue weighted by Gasteiger charge is 2.35. The van der Waals surface area contributed by atoms with E-state index in [0.717, 1.165) is 25.1 Å². The van der Waals surface area contributed by atoms with Crippen LogP contribution < -0.4 is 11.1 Å². The zero-order chi connectivity index (χ0) is 16.2. The lowest BCUT2D eigenvalue weighted by Crippen LogP contribution is -2.41. The van der Waals surface area contributed by atoms with Crippen molar-refractivity contribution in [3.8, 4) is 0 Å². The molecule has 0 aromatic heterocycles. The normalized spacial score (nSPS) is 23.4. The molecule has 1 heterocycles. The van der Waals surface area contributed by atoms with Crippen LogP contribution in [0.25, 0.3) is 0 Å². The smallest absolute Gasteiger partial charge is 0.193 e. The van der Waals surface area contributed by atoms with Crippen molar-refractivity contribution in [2.75, 3.05) is 18.5 Å². The van der Waals surface area contributed by atoms with Crippen molar-refractivity contribution in [1.29, 1.82) is 0 Å². The Morgan fingerprint density at radius 2 is 2.00 bits per heavy atom. The summed E-state index contributed by atoms with van der Waals surface area (Å²) in [4.78, 5) is 4.53. The zero-order valence-electron chi connectivity index (χ0n) is 14.2. The molecule has 0 bridgehead atoms. The molecule has 0 radical (unpaired) electrons. The van der Waals surface area contributed by atoms with Crippen LogP contribution in [0.5, 0.6) is 0 Å². The molecule has 2 unspecified atom stereocenters. The van der Waals surface area contributed by atoms with E-state index in [2.05, 4.69) is 50.1 Å². The average molecular weight is 303 g/mol. The van der Waals surface area contributed by atoms with Crippen molar-refractivity contribution in [3.05, 3.63) is 29.8 Å². The fraction of sp³-hybridized carbons (Fsp3) is 0.611. The van der Waals surface area contributed by atoms with E-state index >= 15 is 0 Å². The van der Waals surface area contributed by atoms with Gasteiger partial charge >= 0.3 is 0 Å². The van der Waals surface area contributed by atoms with Gasteiger partial charge in [-0.3, -0.25) is 4.99 Å². The van der Waals surface area contributed by atoms with Gasteiger partial charge in [0, 0.05) is 24.8 Å². The first kappa shape index (κ1) is 16.8. The average Bonchev–Trinajstić information content (AvgIpc) is 2.47. The molecule has 0 aliphatic carbocycles. The van der Waals surface area contributed by atoms with Crippen molar-refractivity contribution in [2.24, 2.45) is 22.1 Å². The second kappa shape index (κ2) is 7.14. The number of nitrogens with zero attached hydrogens (tertiary/aromatic N) is 1. The van der Waals surface area contributed by atoms with Gasteiger partial charge in [-0.05, 0) is 37.3 Å². The van der Waals surface area contributed by atoms with Crippen LogP contribution >= 0.6 is 0 Å². The Bertz CT molecular complexity index is 502. The Hall–Kier alpha value is -1.55. The summed E-state index contributed by atoms with van der Waals surface area (Å²) < 4.78 is 5.99. The van der Waals surface area contributed by atoms with Gasteiger partial charge in [0.2, 0.25) is 0 Å². The van der Waals surface area contributed by atoms with Gasteiger partial charge in [0.1, 0.15) is 0 Å². The van der Waals surface area contributed by atoms with Gasteiger partial charge in [0.25, 0.3) is 0 Å². The zero-order valence-corrected chi connectivity index (χ0v) is 14.2. The Morgan fingerprint density at radius 3 is 2.64 bits per heavy atom. The highest BCUT2D eigenvalue weighted by molar-refractivity contribution is 5.92. The number of hydrogen-bond donors (Lipinski definition) is 2. The van der Waals surface area contributed by atoms with Gasteiger partial charge in [-0.1, -0.05) is 38.5 Å². The number of aliphatic imine (C=N–C) groups is 1. The molecule has 0 saturated carbocycles. The Labute approximate surface area is 134 Å².